The number of hydrogen-bond donors (Lipinski definition) is 0. The summed E-state index contributed by atoms with van der Waals surface area (Å²) in [5, 5.41) is 0. The Bertz CT molecular complexity index is 648. The molecule has 3 aliphatic heterocycles. The van der Waals surface area contributed by atoms with E-state index in [1.807, 2.05) is 12.3 Å². The maximum atomic E-state index is 13.1. The summed E-state index contributed by atoms with van der Waals surface area (Å²) in [7, 11) is 0. The molecule has 4 fully saturated rings. The second-order valence-corrected chi connectivity index (χ2v) is 9.35. The predicted molar refractivity (Wildman–Crippen MR) is 107 cm³/mol. The maximum Gasteiger partial charge on any atom is 0.320 e. The molecule has 146 valence electrons. The quantitative estimate of drug-likeness (QED) is 0.760. The zero-order valence-electron chi connectivity index (χ0n) is 16.4. The molecule has 4 aliphatic rings. The molecule has 0 aromatic carbocycles. The van der Waals surface area contributed by atoms with Crippen LogP contribution in [0.15, 0.2) is 24.4 Å². The van der Waals surface area contributed by atoms with Gasteiger partial charge in [0.25, 0.3) is 0 Å². The number of nitrogens with zero attached hydrogens (tertiary/aromatic N) is 4. The number of aromatic nitrogens is 1. The van der Waals surface area contributed by atoms with Crippen LogP contribution in [0.2, 0.25) is 0 Å². The lowest BCUT2D eigenvalue weighted by molar-refractivity contribution is 0.0708. The molecule has 0 unspecified atom stereocenters. The van der Waals surface area contributed by atoms with E-state index in [0.717, 1.165) is 45.1 Å². The third kappa shape index (κ3) is 3.30. The summed E-state index contributed by atoms with van der Waals surface area (Å²) in [5.74, 6) is 2.29. The van der Waals surface area contributed by atoms with Gasteiger partial charge < -0.3 is 14.7 Å². The molecular formula is C22H32N4O. The van der Waals surface area contributed by atoms with E-state index in [0.29, 0.717) is 23.3 Å². The van der Waals surface area contributed by atoms with Crippen LogP contribution in [-0.2, 0) is 0 Å². The van der Waals surface area contributed by atoms with Crippen molar-refractivity contribution in [3.63, 3.8) is 0 Å². The molecule has 5 nitrogen and oxygen atoms in total. The van der Waals surface area contributed by atoms with Gasteiger partial charge in [0.2, 0.25) is 0 Å². The van der Waals surface area contributed by atoms with Gasteiger partial charge in [-0.25, -0.2) is 9.78 Å². The first-order valence-corrected chi connectivity index (χ1v) is 10.9. The number of pyridine rings is 1. The van der Waals surface area contributed by atoms with Crippen LogP contribution in [0.4, 0.5) is 10.6 Å². The van der Waals surface area contributed by atoms with Crippen molar-refractivity contribution >= 4 is 11.8 Å². The van der Waals surface area contributed by atoms with Crippen LogP contribution in [0.5, 0.6) is 0 Å². The number of carbonyl (C=O) groups is 1. The van der Waals surface area contributed by atoms with E-state index in [9.17, 15) is 4.79 Å². The summed E-state index contributed by atoms with van der Waals surface area (Å²) in [6, 6.07) is 6.43. The molecule has 0 bridgehead atoms. The molecule has 4 heterocycles. The average molecular weight is 369 g/mol. The SMILES string of the molecule is O=C(N1CCC2(CCCCC2)CC1)N1C[C@@H]2CN(c3ccccn3)C[C@@H]2C1. The highest BCUT2D eigenvalue weighted by Crippen LogP contribution is 2.44. The Morgan fingerprint density at radius 2 is 1.59 bits per heavy atom. The molecule has 3 saturated heterocycles. The standard InChI is InChI=1S/C22H32N4O/c27-21(24-12-9-22(10-13-24)7-3-1-4-8-22)26-16-18-14-25(15-19(18)17-26)20-6-2-5-11-23-20/h2,5-6,11,18-19H,1,3-4,7-10,12-17H2/t18-,19+. The van der Waals surface area contributed by atoms with E-state index in [-0.39, 0.29) is 0 Å². The Kier molecular flexibility index (Phi) is 4.49. The van der Waals surface area contributed by atoms with Crippen molar-refractivity contribution < 1.29 is 4.79 Å². The number of piperidine rings is 1. The van der Waals surface area contributed by atoms with Crippen molar-refractivity contribution in [2.45, 2.75) is 44.9 Å². The van der Waals surface area contributed by atoms with E-state index in [2.05, 4.69) is 31.8 Å². The van der Waals surface area contributed by atoms with Crippen molar-refractivity contribution in [1.29, 1.82) is 0 Å². The van der Waals surface area contributed by atoms with Crippen LogP contribution in [0, 0.1) is 17.3 Å². The fraction of sp³-hybridized carbons (Fsp3) is 0.727. The van der Waals surface area contributed by atoms with Gasteiger partial charge in [-0.05, 0) is 43.2 Å². The lowest BCUT2D eigenvalue weighted by Gasteiger charge is -2.45. The van der Waals surface area contributed by atoms with Gasteiger partial charge in [-0.15, -0.1) is 0 Å². The van der Waals surface area contributed by atoms with E-state index in [4.69, 9.17) is 0 Å². The Hall–Kier alpha value is -1.78. The summed E-state index contributed by atoms with van der Waals surface area (Å²) >= 11 is 0. The first-order valence-electron chi connectivity index (χ1n) is 10.9. The first-order chi connectivity index (χ1) is 13.2. The van der Waals surface area contributed by atoms with Crippen LogP contribution in [0.25, 0.3) is 0 Å². The summed E-state index contributed by atoms with van der Waals surface area (Å²) < 4.78 is 0. The number of carbonyl (C=O) groups excluding carboxylic acids is 1. The molecule has 27 heavy (non-hydrogen) atoms. The van der Waals surface area contributed by atoms with Crippen molar-refractivity contribution in [3.05, 3.63) is 24.4 Å². The Labute approximate surface area is 162 Å². The van der Waals surface area contributed by atoms with Gasteiger partial charge in [0, 0.05) is 57.3 Å². The topological polar surface area (TPSA) is 39.7 Å². The molecule has 0 N–H and O–H groups in total. The largest absolute Gasteiger partial charge is 0.356 e. The van der Waals surface area contributed by atoms with Gasteiger partial charge in [0.1, 0.15) is 5.82 Å². The van der Waals surface area contributed by atoms with Gasteiger partial charge in [-0.3, -0.25) is 0 Å². The summed E-state index contributed by atoms with van der Waals surface area (Å²) in [6.45, 7) is 5.88. The minimum Gasteiger partial charge on any atom is -0.356 e. The van der Waals surface area contributed by atoms with Crippen LogP contribution in [0.3, 0.4) is 0 Å². The molecule has 5 heteroatoms. The Balaban J connectivity index is 1.15. The Morgan fingerprint density at radius 3 is 2.22 bits per heavy atom. The van der Waals surface area contributed by atoms with Crippen LogP contribution >= 0.6 is 0 Å². The third-order valence-corrected chi connectivity index (χ3v) is 7.74. The minimum absolute atomic E-state index is 0.305. The molecular weight excluding hydrogens is 336 g/mol. The zero-order valence-corrected chi connectivity index (χ0v) is 16.4. The Morgan fingerprint density at radius 1 is 0.889 bits per heavy atom. The number of hydrogen-bond acceptors (Lipinski definition) is 3. The van der Waals surface area contributed by atoms with Gasteiger partial charge in [-0.2, -0.15) is 0 Å². The number of likely N-dealkylation sites (tertiary alicyclic amines) is 2. The normalized spacial score (nSPS) is 30.0. The summed E-state index contributed by atoms with van der Waals surface area (Å²) in [5.41, 5.74) is 0.569. The van der Waals surface area contributed by atoms with Gasteiger partial charge in [-0.1, -0.05) is 25.3 Å². The number of urea groups is 1. The van der Waals surface area contributed by atoms with E-state index >= 15 is 0 Å². The smallest absolute Gasteiger partial charge is 0.320 e. The second-order valence-electron chi connectivity index (χ2n) is 9.35. The van der Waals surface area contributed by atoms with Crippen molar-refractivity contribution in [2.75, 3.05) is 44.2 Å². The van der Waals surface area contributed by atoms with E-state index < -0.39 is 0 Å². The van der Waals surface area contributed by atoms with Crippen LogP contribution in [0.1, 0.15) is 44.9 Å². The highest BCUT2D eigenvalue weighted by atomic mass is 16.2. The molecule has 1 aliphatic carbocycles. The molecule has 2 amide bonds. The zero-order chi connectivity index (χ0) is 18.3. The van der Waals surface area contributed by atoms with E-state index in [1.165, 1.54) is 44.9 Å². The van der Waals surface area contributed by atoms with Crippen molar-refractivity contribution in [2.24, 2.45) is 17.3 Å². The predicted octanol–water partition coefficient (Wildman–Crippen LogP) is 3.62. The van der Waals surface area contributed by atoms with Crippen molar-refractivity contribution in [3.8, 4) is 0 Å². The molecule has 0 radical (unpaired) electrons. The van der Waals surface area contributed by atoms with Crippen LogP contribution < -0.4 is 4.90 Å². The number of fused-ring (bicyclic) bond motifs is 1. The monoisotopic (exact) mass is 368 g/mol. The van der Waals surface area contributed by atoms with Gasteiger partial charge in [0.15, 0.2) is 0 Å². The fourth-order valence-corrected chi connectivity index (χ4v) is 6.05. The minimum atomic E-state index is 0.305. The van der Waals surface area contributed by atoms with Gasteiger partial charge >= 0.3 is 6.03 Å². The first kappa shape index (κ1) is 17.3. The number of amides is 2. The highest BCUT2D eigenvalue weighted by Gasteiger charge is 2.44. The number of anilines is 1. The molecule has 1 saturated carbocycles. The molecule has 5 rings (SSSR count). The molecule has 2 atom stereocenters. The summed E-state index contributed by atoms with van der Waals surface area (Å²) in [6.07, 6.45) is 11.3. The third-order valence-electron chi connectivity index (χ3n) is 7.74. The molecule has 1 spiro atoms. The van der Waals surface area contributed by atoms with Crippen LogP contribution in [-0.4, -0.2) is 60.1 Å². The lowest BCUT2D eigenvalue weighted by Crippen LogP contribution is -2.49. The summed E-state index contributed by atoms with van der Waals surface area (Å²) in [4.78, 5) is 24.3. The highest BCUT2D eigenvalue weighted by molar-refractivity contribution is 5.75. The number of rotatable bonds is 1. The van der Waals surface area contributed by atoms with E-state index in [1.54, 1.807) is 0 Å². The average Bonchev–Trinajstić information content (AvgIpc) is 3.29. The molecule has 1 aromatic rings. The fourth-order valence-electron chi connectivity index (χ4n) is 6.05. The molecule has 1 aromatic heterocycles. The lowest BCUT2D eigenvalue weighted by atomic mass is 9.68. The van der Waals surface area contributed by atoms with Gasteiger partial charge in [0.05, 0.1) is 0 Å². The van der Waals surface area contributed by atoms with Crippen molar-refractivity contribution in [1.82, 2.24) is 14.8 Å². The maximum absolute atomic E-state index is 13.1. The second kappa shape index (κ2) is 6.99.